The van der Waals surface area contributed by atoms with E-state index in [4.69, 9.17) is 10.1 Å². The van der Waals surface area contributed by atoms with Crippen molar-refractivity contribution in [3.8, 4) is 10.6 Å². The lowest BCUT2D eigenvalue weighted by molar-refractivity contribution is 0.856. The van der Waals surface area contributed by atoms with Crippen molar-refractivity contribution in [3.05, 3.63) is 93.5 Å². The molecule has 0 atom stereocenters. The molecule has 1 N–H and O–H groups in total. The summed E-state index contributed by atoms with van der Waals surface area (Å²) in [6.45, 7) is 2.08. The molecule has 6 heteroatoms. The fraction of sp³-hybridized carbons (Fsp3) is 0.0435. The number of nitrogens with one attached hydrogen (secondary N) is 1. The van der Waals surface area contributed by atoms with Crippen molar-refractivity contribution in [3.63, 3.8) is 0 Å². The van der Waals surface area contributed by atoms with Gasteiger partial charge in [-0.2, -0.15) is 5.10 Å². The predicted octanol–water partition coefficient (Wildman–Crippen LogP) is 6.18. The van der Waals surface area contributed by atoms with E-state index in [9.17, 15) is 0 Å². The average molecular weight is 415 g/mol. The maximum absolute atomic E-state index is 4.90. The molecule has 0 unspecified atom stereocenters. The molecule has 0 aliphatic rings. The molecule has 0 spiro atoms. The minimum atomic E-state index is 0.846. The largest absolute Gasteiger partial charge is 0.361 e. The molecule has 4 nitrogen and oxygen atoms in total. The number of benzene rings is 2. The third kappa shape index (κ3) is 3.48. The van der Waals surface area contributed by atoms with Crippen molar-refractivity contribution in [1.82, 2.24) is 9.66 Å². The number of aromatic amines is 1. The molecule has 3 heterocycles. The summed E-state index contributed by atoms with van der Waals surface area (Å²) < 4.78 is 1.94. The van der Waals surface area contributed by atoms with E-state index in [2.05, 4.69) is 53.0 Å². The van der Waals surface area contributed by atoms with Gasteiger partial charge in [0.1, 0.15) is 0 Å². The van der Waals surface area contributed by atoms with E-state index < -0.39 is 0 Å². The van der Waals surface area contributed by atoms with Crippen LogP contribution in [0.3, 0.4) is 0 Å². The van der Waals surface area contributed by atoms with Gasteiger partial charge in [-0.25, -0.2) is 9.67 Å². The van der Waals surface area contributed by atoms with Crippen LogP contribution in [0.1, 0.15) is 11.1 Å². The zero-order chi connectivity index (χ0) is 19.6. The third-order valence-electron chi connectivity index (χ3n) is 4.72. The lowest BCUT2D eigenvalue weighted by Gasteiger charge is -2.02. The third-order valence-corrected chi connectivity index (χ3v) is 6.43. The Hall–Kier alpha value is -3.22. The van der Waals surface area contributed by atoms with Crippen molar-refractivity contribution in [2.45, 2.75) is 6.92 Å². The number of rotatable bonds is 4. The molecule has 0 radical (unpaired) electrons. The summed E-state index contributed by atoms with van der Waals surface area (Å²) in [6, 6.07) is 20.6. The Morgan fingerprint density at radius 1 is 0.966 bits per heavy atom. The molecule has 0 saturated heterocycles. The Morgan fingerprint density at radius 2 is 1.83 bits per heavy atom. The number of fused-ring (bicyclic) bond motifs is 1. The van der Waals surface area contributed by atoms with Crippen LogP contribution in [-0.2, 0) is 0 Å². The first kappa shape index (κ1) is 17.8. The highest BCUT2D eigenvalue weighted by Crippen LogP contribution is 2.26. The summed E-state index contributed by atoms with van der Waals surface area (Å²) in [4.78, 5) is 10.2. The molecule has 142 valence electrons. The van der Waals surface area contributed by atoms with E-state index in [0.29, 0.717) is 0 Å². The number of thiazole rings is 1. The van der Waals surface area contributed by atoms with Crippen LogP contribution in [0, 0.1) is 6.92 Å². The first-order chi connectivity index (χ1) is 14.3. The second-order valence-electron chi connectivity index (χ2n) is 6.63. The maximum Gasteiger partial charge on any atom is 0.211 e. The molecule has 0 bridgehead atoms. The summed E-state index contributed by atoms with van der Waals surface area (Å²) in [5.41, 5.74) is 5.31. The number of aryl methyl sites for hydroxylation is 1. The highest BCUT2D eigenvalue weighted by atomic mass is 32.1. The Balaban J connectivity index is 1.66. The number of nitrogens with zero attached hydrogens (tertiary/aromatic N) is 3. The van der Waals surface area contributed by atoms with Gasteiger partial charge in [0.25, 0.3) is 0 Å². The van der Waals surface area contributed by atoms with Gasteiger partial charge >= 0.3 is 0 Å². The molecule has 0 saturated carbocycles. The summed E-state index contributed by atoms with van der Waals surface area (Å²) in [7, 11) is 0. The molecule has 0 amide bonds. The number of thiophene rings is 1. The van der Waals surface area contributed by atoms with E-state index in [1.165, 1.54) is 4.88 Å². The number of hydrogen-bond donors (Lipinski definition) is 1. The van der Waals surface area contributed by atoms with Gasteiger partial charge in [-0.1, -0.05) is 42.5 Å². The van der Waals surface area contributed by atoms with Gasteiger partial charge in [0.15, 0.2) is 0 Å². The topological polar surface area (TPSA) is 45.4 Å². The second-order valence-corrected chi connectivity index (χ2v) is 8.41. The second kappa shape index (κ2) is 7.66. The van der Waals surface area contributed by atoms with Crippen molar-refractivity contribution >= 4 is 45.5 Å². The molecule has 0 fully saturated rings. The Kier molecular flexibility index (Phi) is 4.71. The van der Waals surface area contributed by atoms with Crippen molar-refractivity contribution in [2.75, 3.05) is 0 Å². The zero-order valence-corrected chi connectivity index (χ0v) is 17.4. The van der Waals surface area contributed by atoms with Crippen molar-refractivity contribution in [1.29, 1.82) is 0 Å². The van der Waals surface area contributed by atoms with Gasteiger partial charge in [-0.05, 0) is 36.1 Å². The minimum absolute atomic E-state index is 0.846. The Morgan fingerprint density at radius 3 is 2.69 bits per heavy atom. The van der Waals surface area contributed by atoms with Crippen LogP contribution < -0.4 is 4.80 Å². The molecular weight excluding hydrogens is 396 g/mol. The normalized spacial score (nSPS) is 12.4. The van der Waals surface area contributed by atoms with Gasteiger partial charge in [0.05, 0.1) is 22.5 Å². The van der Waals surface area contributed by atoms with Crippen LogP contribution >= 0.6 is 22.7 Å². The summed E-state index contributed by atoms with van der Waals surface area (Å²) in [5, 5.41) is 10.2. The number of H-pyrrole nitrogens is 1. The van der Waals surface area contributed by atoms with Crippen LogP contribution in [-0.4, -0.2) is 15.9 Å². The van der Waals surface area contributed by atoms with E-state index in [1.807, 2.05) is 47.4 Å². The molecule has 2 aromatic carbocycles. The van der Waals surface area contributed by atoms with Crippen LogP contribution in [0.2, 0.25) is 0 Å². The maximum atomic E-state index is 4.90. The van der Waals surface area contributed by atoms with Crippen molar-refractivity contribution in [2.24, 2.45) is 10.1 Å². The zero-order valence-electron chi connectivity index (χ0n) is 15.7. The SMILES string of the molecule is Cc1ccccc1N=c1scc(-c2cccs2)n1N=Cc1c[nH]c2ccccc12. The highest BCUT2D eigenvalue weighted by molar-refractivity contribution is 7.14. The fourth-order valence-electron chi connectivity index (χ4n) is 3.20. The van der Waals surface area contributed by atoms with E-state index in [1.54, 1.807) is 22.7 Å². The summed E-state index contributed by atoms with van der Waals surface area (Å²) in [6.07, 6.45) is 3.89. The quantitative estimate of drug-likeness (QED) is 0.341. The highest BCUT2D eigenvalue weighted by Gasteiger charge is 2.09. The Bertz CT molecular complexity index is 1370. The van der Waals surface area contributed by atoms with E-state index >= 15 is 0 Å². The predicted molar refractivity (Wildman–Crippen MR) is 123 cm³/mol. The molecule has 5 rings (SSSR count). The van der Waals surface area contributed by atoms with Gasteiger partial charge in [0, 0.05) is 28.0 Å². The first-order valence-electron chi connectivity index (χ1n) is 9.25. The summed E-state index contributed by atoms with van der Waals surface area (Å²) >= 11 is 3.30. The molecule has 3 aromatic heterocycles. The van der Waals surface area contributed by atoms with Crippen LogP contribution in [0.4, 0.5) is 5.69 Å². The van der Waals surface area contributed by atoms with Gasteiger partial charge in [0.2, 0.25) is 4.80 Å². The standard InChI is InChI=1S/C23H18N4S2/c1-16-7-2-4-9-19(16)26-23-27(21(15-29-23)22-11-6-12-28-22)25-14-17-13-24-20-10-5-3-8-18(17)20/h2-15,24H,1H3. The van der Waals surface area contributed by atoms with Gasteiger partial charge in [-0.3, -0.25) is 0 Å². The summed E-state index contributed by atoms with van der Waals surface area (Å²) in [5.74, 6) is 0. The monoisotopic (exact) mass is 414 g/mol. The first-order valence-corrected chi connectivity index (χ1v) is 11.0. The minimum Gasteiger partial charge on any atom is -0.361 e. The van der Waals surface area contributed by atoms with E-state index in [0.717, 1.165) is 38.2 Å². The van der Waals surface area contributed by atoms with Gasteiger partial charge < -0.3 is 4.98 Å². The van der Waals surface area contributed by atoms with Crippen LogP contribution in [0.5, 0.6) is 0 Å². The van der Waals surface area contributed by atoms with Crippen LogP contribution in [0.25, 0.3) is 21.5 Å². The lowest BCUT2D eigenvalue weighted by atomic mass is 10.2. The molecule has 0 aliphatic heterocycles. The van der Waals surface area contributed by atoms with Crippen LogP contribution in [0.15, 0.2) is 87.7 Å². The molecule has 0 aliphatic carbocycles. The van der Waals surface area contributed by atoms with Gasteiger partial charge in [-0.15, -0.1) is 22.7 Å². The molecule has 29 heavy (non-hydrogen) atoms. The average Bonchev–Trinajstić information content (AvgIpc) is 3.48. The molecule has 5 aromatic rings. The lowest BCUT2D eigenvalue weighted by Crippen LogP contribution is -2.11. The number of hydrogen-bond acceptors (Lipinski definition) is 4. The van der Waals surface area contributed by atoms with E-state index in [-0.39, 0.29) is 0 Å². The fourth-order valence-corrected chi connectivity index (χ4v) is 4.84. The molecular formula is C23H18N4S2. The number of para-hydroxylation sites is 2. The number of aromatic nitrogens is 2. The smallest absolute Gasteiger partial charge is 0.211 e. The Labute approximate surface area is 176 Å². The van der Waals surface area contributed by atoms with Crippen molar-refractivity contribution < 1.29 is 0 Å².